The predicted molar refractivity (Wildman–Crippen MR) is 249 cm³/mol. The zero-order chi connectivity index (χ0) is 39.5. The van der Waals surface area contributed by atoms with E-state index in [-0.39, 0.29) is 0 Å². The number of para-hydroxylation sites is 3. The second-order valence-corrected chi connectivity index (χ2v) is 15.5. The second kappa shape index (κ2) is 14.1. The number of fused-ring (bicyclic) bond motifs is 6. The number of furan rings is 1. The third-order valence-electron chi connectivity index (χ3n) is 11.8. The standard InChI is InChI=1S/C56H40N2O/c1-37-25-29-42(30-26-37)57(54-36-49(40-17-7-4-8-18-40)48(33-38(54)2)39-15-5-3-6-16-39)44-34-50(56-51(35-44)47-21-11-14-24-55(47)59-56)41-27-31-43(32-28-41)58-52-22-12-9-19-45(52)46-20-10-13-23-53(46)58/h3-36H,1-2H3. The lowest BCUT2D eigenvalue weighted by Crippen LogP contribution is -2.12. The molecule has 0 N–H and O–H groups in total. The number of anilines is 3. The first-order valence-corrected chi connectivity index (χ1v) is 20.3. The maximum absolute atomic E-state index is 6.76. The van der Waals surface area contributed by atoms with E-state index in [2.05, 4.69) is 224 Å². The Morgan fingerprint density at radius 1 is 0.407 bits per heavy atom. The molecule has 59 heavy (non-hydrogen) atoms. The maximum atomic E-state index is 6.76. The van der Waals surface area contributed by atoms with Gasteiger partial charge < -0.3 is 13.9 Å². The summed E-state index contributed by atoms with van der Waals surface area (Å²) in [6.45, 7) is 4.38. The topological polar surface area (TPSA) is 21.3 Å². The Hall–Kier alpha value is -7.62. The zero-order valence-electron chi connectivity index (χ0n) is 32.9. The van der Waals surface area contributed by atoms with Gasteiger partial charge in [-0.05, 0) is 114 Å². The first kappa shape index (κ1) is 34.6. The van der Waals surface area contributed by atoms with Crippen molar-refractivity contribution in [3.63, 3.8) is 0 Å². The van der Waals surface area contributed by atoms with E-state index in [1.165, 1.54) is 55.2 Å². The van der Waals surface area contributed by atoms with E-state index >= 15 is 0 Å². The molecule has 0 aliphatic heterocycles. The van der Waals surface area contributed by atoms with Crippen LogP contribution in [0, 0.1) is 13.8 Å². The van der Waals surface area contributed by atoms with Crippen molar-refractivity contribution in [3.05, 3.63) is 217 Å². The molecule has 3 nitrogen and oxygen atoms in total. The Morgan fingerprint density at radius 2 is 0.949 bits per heavy atom. The molecule has 0 amide bonds. The van der Waals surface area contributed by atoms with E-state index in [1.54, 1.807) is 0 Å². The van der Waals surface area contributed by atoms with E-state index in [0.717, 1.165) is 55.8 Å². The largest absolute Gasteiger partial charge is 0.455 e. The van der Waals surface area contributed by atoms with Crippen molar-refractivity contribution in [1.82, 2.24) is 4.57 Å². The van der Waals surface area contributed by atoms with E-state index in [0.29, 0.717) is 0 Å². The summed E-state index contributed by atoms with van der Waals surface area (Å²) in [6.07, 6.45) is 0. The Labute approximate surface area is 343 Å². The van der Waals surface area contributed by atoms with Crippen molar-refractivity contribution in [2.75, 3.05) is 4.90 Å². The fraction of sp³-hybridized carbons (Fsp3) is 0.0357. The number of hydrogen-bond donors (Lipinski definition) is 0. The lowest BCUT2D eigenvalue weighted by molar-refractivity contribution is 0.670. The highest BCUT2D eigenvalue weighted by Crippen LogP contribution is 2.47. The lowest BCUT2D eigenvalue weighted by atomic mass is 9.91. The van der Waals surface area contributed by atoms with E-state index in [4.69, 9.17) is 4.42 Å². The van der Waals surface area contributed by atoms with E-state index in [9.17, 15) is 0 Å². The maximum Gasteiger partial charge on any atom is 0.143 e. The van der Waals surface area contributed by atoms with Crippen LogP contribution in [0.3, 0.4) is 0 Å². The summed E-state index contributed by atoms with van der Waals surface area (Å²) in [7, 11) is 0. The summed E-state index contributed by atoms with van der Waals surface area (Å²) in [4.78, 5) is 2.42. The van der Waals surface area contributed by atoms with Gasteiger partial charge >= 0.3 is 0 Å². The van der Waals surface area contributed by atoms with Gasteiger partial charge in [0.1, 0.15) is 11.2 Å². The normalized spacial score (nSPS) is 11.6. The molecule has 0 spiro atoms. The van der Waals surface area contributed by atoms with Gasteiger partial charge in [0.15, 0.2) is 0 Å². The molecule has 0 atom stereocenters. The summed E-state index contributed by atoms with van der Waals surface area (Å²) in [5, 5.41) is 4.68. The molecule has 0 saturated carbocycles. The molecule has 3 heteroatoms. The molecule has 280 valence electrons. The Kier molecular flexibility index (Phi) is 8.27. The molecule has 0 radical (unpaired) electrons. The smallest absolute Gasteiger partial charge is 0.143 e. The average molecular weight is 757 g/mol. The van der Waals surface area contributed by atoms with Crippen molar-refractivity contribution in [3.8, 4) is 39.1 Å². The zero-order valence-corrected chi connectivity index (χ0v) is 32.9. The van der Waals surface area contributed by atoms with Gasteiger partial charge in [0, 0.05) is 49.9 Å². The third-order valence-corrected chi connectivity index (χ3v) is 11.8. The first-order valence-electron chi connectivity index (χ1n) is 20.3. The van der Waals surface area contributed by atoms with Crippen molar-refractivity contribution >= 4 is 60.8 Å². The number of hydrogen-bond acceptors (Lipinski definition) is 2. The van der Waals surface area contributed by atoms with Gasteiger partial charge in [-0.15, -0.1) is 0 Å². The molecule has 2 heterocycles. The highest BCUT2D eigenvalue weighted by Gasteiger charge is 2.23. The minimum atomic E-state index is 0.874. The number of aromatic nitrogens is 1. The molecule has 11 aromatic rings. The minimum Gasteiger partial charge on any atom is -0.455 e. The molecule has 9 aromatic carbocycles. The van der Waals surface area contributed by atoms with Crippen LogP contribution in [0.25, 0.3) is 82.8 Å². The van der Waals surface area contributed by atoms with Crippen LogP contribution in [-0.2, 0) is 0 Å². The fourth-order valence-electron chi connectivity index (χ4n) is 8.92. The van der Waals surface area contributed by atoms with Gasteiger partial charge in [0.2, 0.25) is 0 Å². The molecular weight excluding hydrogens is 717 g/mol. The number of rotatable bonds is 7. The van der Waals surface area contributed by atoms with Crippen LogP contribution in [0.5, 0.6) is 0 Å². The van der Waals surface area contributed by atoms with Gasteiger partial charge in [-0.25, -0.2) is 0 Å². The van der Waals surface area contributed by atoms with Crippen molar-refractivity contribution in [1.29, 1.82) is 0 Å². The van der Waals surface area contributed by atoms with Crippen molar-refractivity contribution < 1.29 is 4.42 Å². The van der Waals surface area contributed by atoms with Crippen LogP contribution < -0.4 is 4.90 Å². The first-order chi connectivity index (χ1) is 29.1. The van der Waals surface area contributed by atoms with Crippen LogP contribution in [-0.4, -0.2) is 4.57 Å². The molecule has 2 aromatic heterocycles. The molecule has 0 aliphatic rings. The number of aryl methyl sites for hydroxylation is 2. The highest BCUT2D eigenvalue weighted by molar-refractivity contribution is 6.12. The van der Waals surface area contributed by atoms with Crippen LogP contribution in [0.1, 0.15) is 11.1 Å². The van der Waals surface area contributed by atoms with Gasteiger partial charge in [-0.2, -0.15) is 0 Å². The van der Waals surface area contributed by atoms with Gasteiger partial charge in [-0.1, -0.05) is 145 Å². The SMILES string of the molecule is Cc1ccc(N(c2cc(-c3ccc(-n4c5ccccc5c5ccccc54)cc3)c3oc4ccccc4c3c2)c2cc(-c3ccccc3)c(-c3ccccc3)cc2C)cc1. The van der Waals surface area contributed by atoms with Gasteiger partial charge in [0.05, 0.1) is 11.0 Å². The lowest BCUT2D eigenvalue weighted by Gasteiger charge is -2.29. The summed E-state index contributed by atoms with van der Waals surface area (Å²) in [5.41, 5.74) is 17.8. The summed E-state index contributed by atoms with van der Waals surface area (Å²) >= 11 is 0. The van der Waals surface area contributed by atoms with Crippen LogP contribution in [0.15, 0.2) is 211 Å². The van der Waals surface area contributed by atoms with Gasteiger partial charge in [-0.3, -0.25) is 0 Å². The van der Waals surface area contributed by atoms with Crippen LogP contribution >= 0.6 is 0 Å². The van der Waals surface area contributed by atoms with Crippen LogP contribution in [0.4, 0.5) is 17.1 Å². The number of nitrogens with zero attached hydrogens (tertiary/aromatic N) is 2. The van der Waals surface area contributed by atoms with Crippen molar-refractivity contribution in [2.24, 2.45) is 0 Å². The highest BCUT2D eigenvalue weighted by atomic mass is 16.3. The van der Waals surface area contributed by atoms with Gasteiger partial charge in [0.25, 0.3) is 0 Å². The molecule has 0 unspecified atom stereocenters. The predicted octanol–water partition coefficient (Wildman–Crippen LogP) is 15.8. The minimum absolute atomic E-state index is 0.874. The second-order valence-electron chi connectivity index (χ2n) is 15.5. The molecule has 0 aliphatic carbocycles. The summed E-state index contributed by atoms with van der Waals surface area (Å²) < 4.78 is 9.13. The molecule has 0 fully saturated rings. The van der Waals surface area contributed by atoms with Crippen molar-refractivity contribution in [2.45, 2.75) is 13.8 Å². The average Bonchev–Trinajstić information content (AvgIpc) is 3.84. The molecule has 0 saturated heterocycles. The Bertz CT molecular complexity index is 3270. The fourth-order valence-corrected chi connectivity index (χ4v) is 8.92. The Morgan fingerprint density at radius 3 is 1.59 bits per heavy atom. The molecule has 0 bridgehead atoms. The number of benzene rings is 9. The monoisotopic (exact) mass is 756 g/mol. The van der Waals surface area contributed by atoms with E-state index in [1.807, 2.05) is 6.07 Å². The quantitative estimate of drug-likeness (QED) is 0.161. The summed E-state index contributed by atoms with van der Waals surface area (Å²) in [5.74, 6) is 0. The van der Waals surface area contributed by atoms with E-state index < -0.39 is 0 Å². The molecular formula is C56H40N2O. The summed E-state index contributed by atoms with van der Waals surface area (Å²) in [6, 6.07) is 74.4. The third kappa shape index (κ3) is 5.90. The molecule has 11 rings (SSSR count). The van der Waals surface area contributed by atoms with Crippen LogP contribution in [0.2, 0.25) is 0 Å². The Balaban J connectivity index is 1.14.